The lowest BCUT2D eigenvalue weighted by molar-refractivity contribution is 0.0682. The highest BCUT2D eigenvalue weighted by Gasteiger charge is 2.15. The number of hydrogen-bond acceptors (Lipinski definition) is 1. The summed E-state index contributed by atoms with van der Waals surface area (Å²) < 4.78 is 1.75. The van der Waals surface area contributed by atoms with Gasteiger partial charge >= 0.3 is 5.97 Å². The largest absolute Gasteiger partial charge is 0.477 e. The zero-order chi connectivity index (χ0) is 13.0. The van der Waals surface area contributed by atoms with Gasteiger partial charge in [-0.15, -0.1) is 0 Å². The molecule has 0 saturated carbocycles. The SMILES string of the molecule is CC(C)CCCC(C)n1cc(Cl)cc1C(=O)O. The summed E-state index contributed by atoms with van der Waals surface area (Å²) in [6.07, 6.45) is 4.95. The Bertz CT molecular complexity index is 385. The van der Waals surface area contributed by atoms with Crippen LogP contribution in [0.3, 0.4) is 0 Å². The Morgan fingerprint density at radius 3 is 2.59 bits per heavy atom. The fourth-order valence-electron chi connectivity index (χ4n) is 1.94. The lowest BCUT2D eigenvalue weighted by Crippen LogP contribution is -2.12. The van der Waals surface area contributed by atoms with E-state index in [1.807, 2.05) is 6.92 Å². The van der Waals surface area contributed by atoms with Crippen LogP contribution in [0.1, 0.15) is 56.6 Å². The molecule has 0 radical (unpaired) electrons. The summed E-state index contributed by atoms with van der Waals surface area (Å²) in [5.74, 6) is -0.234. The highest BCUT2D eigenvalue weighted by Crippen LogP contribution is 2.23. The summed E-state index contributed by atoms with van der Waals surface area (Å²) in [6, 6.07) is 1.68. The van der Waals surface area contributed by atoms with Gasteiger partial charge in [-0.1, -0.05) is 38.3 Å². The number of aromatic nitrogens is 1. The third-order valence-corrected chi connectivity index (χ3v) is 3.12. The van der Waals surface area contributed by atoms with Gasteiger partial charge in [0.25, 0.3) is 0 Å². The van der Waals surface area contributed by atoms with E-state index in [4.69, 9.17) is 16.7 Å². The molecule has 1 aromatic rings. The van der Waals surface area contributed by atoms with Crippen LogP contribution in [0.25, 0.3) is 0 Å². The molecule has 1 aromatic heterocycles. The Labute approximate surface area is 107 Å². The third-order valence-electron chi connectivity index (χ3n) is 2.91. The van der Waals surface area contributed by atoms with Gasteiger partial charge in [-0.05, 0) is 25.3 Å². The predicted molar refractivity (Wildman–Crippen MR) is 69.8 cm³/mol. The number of aromatic carboxylic acids is 1. The number of carboxylic acid groups (broad SMARTS) is 1. The topological polar surface area (TPSA) is 42.2 Å². The molecule has 1 rings (SSSR count). The van der Waals surface area contributed by atoms with E-state index in [1.165, 1.54) is 12.5 Å². The summed E-state index contributed by atoms with van der Waals surface area (Å²) in [5.41, 5.74) is 0.270. The van der Waals surface area contributed by atoms with Gasteiger partial charge in [0.15, 0.2) is 0 Å². The molecule has 0 bridgehead atoms. The van der Waals surface area contributed by atoms with Crippen molar-refractivity contribution in [2.45, 2.75) is 46.1 Å². The first-order chi connectivity index (χ1) is 7.91. The quantitative estimate of drug-likeness (QED) is 0.829. The summed E-state index contributed by atoms with van der Waals surface area (Å²) >= 11 is 5.85. The minimum Gasteiger partial charge on any atom is -0.477 e. The standard InChI is InChI=1S/C13H20ClNO2/c1-9(2)5-4-6-10(3)15-8-11(14)7-12(15)13(16)17/h7-10H,4-6H2,1-3H3,(H,16,17). The van der Waals surface area contributed by atoms with Crippen molar-refractivity contribution in [2.75, 3.05) is 0 Å². The first-order valence-electron chi connectivity index (χ1n) is 6.02. The zero-order valence-electron chi connectivity index (χ0n) is 10.6. The maximum atomic E-state index is 11.0. The van der Waals surface area contributed by atoms with Crippen LogP contribution >= 0.6 is 11.6 Å². The minimum atomic E-state index is -0.924. The molecule has 96 valence electrons. The van der Waals surface area contributed by atoms with Gasteiger partial charge in [0, 0.05) is 12.2 Å². The molecular weight excluding hydrogens is 238 g/mol. The highest BCUT2D eigenvalue weighted by molar-refractivity contribution is 6.30. The molecule has 4 heteroatoms. The molecule has 0 amide bonds. The van der Waals surface area contributed by atoms with Crippen LogP contribution in [-0.2, 0) is 0 Å². The second-order valence-corrected chi connectivity index (χ2v) is 5.37. The Balaban J connectivity index is 2.68. The van der Waals surface area contributed by atoms with Gasteiger partial charge < -0.3 is 9.67 Å². The number of hydrogen-bond donors (Lipinski definition) is 1. The summed E-state index contributed by atoms with van der Waals surface area (Å²) in [5, 5.41) is 9.55. The fraction of sp³-hybridized carbons (Fsp3) is 0.615. The molecule has 0 aliphatic rings. The van der Waals surface area contributed by atoms with E-state index in [-0.39, 0.29) is 11.7 Å². The number of rotatable bonds is 6. The van der Waals surface area contributed by atoms with Crippen LogP contribution in [0.4, 0.5) is 0 Å². The monoisotopic (exact) mass is 257 g/mol. The maximum absolute atomic E-state index is 11.0. The van der Waals surface area contributed by atoms with E-state index in [0.717, 1.165) is 12.8 Å². The lowest BCUT2D eigenvalue weighted by Gasteiger charge is -2.16. The number of nitrogens with zero attached hydrogens (tertiary/aromatic N) is 1. The average Bonchev–Trinajstić information content (AvgIpc) is 2.59. The van der Waals surface area contributed by atoms with Crippen molar-refractivity contribution in [3.05, 3.63) is 23.0 Å². The van der Waals surface area contributed by atoms with Gasteiger partial charge in [-0.25, -0.2) is 4.79 Å². The minimum absolute atomic E-state index is 0.173. The van der Waals surface area contributed by atoms with E-state index < -0.39 is 5.97 Å². The maximum Gasteiger partial charge on any atom is 0.352 e. The fourth-order valence-corrected chi connectivity index (χ4v) is 2.15. The molecule has 0 aromatic carbocycles. The molecule has 0 fully saturated rings. The van der Waals surface area contributed by atoms with Crippen LogP contribution in [0.15, 0.2) is 12.3 Å². The second kappa shape index (κ2) is 6.10. The van der Waals surface area contributed by atoms with Crippen molar-refractivity contribution < 1.29 is 9.90 Å². The molecule has 0 aliphatic heterocycles. The third kappa shape index (κ3) is 4.08. The van der Waals surface area contributed by atoms with Crippen molar-refractivity contribution in [2.24, 2.45) is 5.92 Å². The van der Waals surface area contributed by atoms with E-state index >= 15 is 0 Å². The highest BCUT2D eigenvalue weighted by atomic mass is 35.5. The normalized spacial score (nSPS) is 13.0. The van der Waals surface area contributed by atoms with Crippen molar-refractivity contribution in [1.82, 2.24) is 4.57 Å². The Kier molecular flexibility index (Phi) is 5.06. The molecule has 1 heterocycles. The zero-order valence-corrected chi connectivity index (χ0v) is 11.4. The van der Waals surface area contributed by atoms with Gasteiger partial charge in [0.2, 0.25) is 0 Å². The molecule has 1 atom stereocenters. The van der Waals surface area contributed by atoms with Crippen LogP contribution in [0.2, 0.25) is 5.02 Å². The molecule has 0 spiro atoms. The second-order valence-electron chi connectivity index (χ2n) is 4.93. The molecule has 17 heavy (non-hydrogen) atoms. The first-order valence-corrected chi connectivity index (χ1v) is 6.40. The summed E-state index contributed by atoms with van der Waals surface area (Å²) in [4.78, 5) is 11.0. The Hall–Kier alpha value is -0.960. The van der Waals surface area contributed by atoms with E-state index in [2.05, 4.69) is 13.8 Å². The summed E-state index contributed by atoms with van der Waals surface area (Å²) in [7, 11) is 0. The van der Waals surface area contributed by atoms with E-state index in [1.54, 1.807) is 10.8 Å². The molecule has 0 aliphatic carbocycles. The Morgan fingerprint density at radius 1 is 1.41 bits per heavy atom. The molecule has 1 unspecified atom stereocenters. The van der Waals surface area contributed by atoms with Crippen LogP contribution in [0, 0.1) is 5.92 Å². The van der Waals surface area contributed by atoms with Gasteiger partial charge in [-0.3, -0.25) is 0 Å². The van der Waals surface area contributed by atoms with Crippen molar-refractivity contribution in [3.63, 3.8) is 0 Å². The van der Waals surface area contributed by atoms with Gasteiger partial charge in [0.1, 0.15) is 5.69 Å². The first kappa shape index (κ1) is 14.1. The number of halogens is 1. The summed E-state index contributed by atoms with van der Waals surface area (Å²) in [6.45, 7) is 6.42. The van der Waals surface area contributed by atoms with Crippen LogP contribution in [-0.4, -0.2) is 15.6 Å². The van der Waals surface area contributed by atoms with Crippen molar-refractivity contribution in [3.8, 4) is 0 Å². The predicted octanol–water partition coefficient (Wildman–Crippen LogP) is 4.23. The average molecular weight is 258 g/mol. The van der Waals surface area contributed by atoms with Crippen LogP contribution in [0.5, 0.6) is 0 Å². The van der Waals surface area contributed by atoms with Crippen molar-refractivity contribution >= 4 is 17.6 Å². The smallest absolute Gasteiger partial charge is 0.352 e. The number of carboxylic acids is 1. The van der Waals surface area contributed by atoms with Gasteiger partial charge in [-0.2, -0.15) is 0 Å². The lowest BCUT2D eigenvalue weighted by atomic mass is 10.0. The van der Waals surface area contributed by atoms with Crippen molar-refractivity contribution in [1.29, 1.82) is 0 Å². The van der Waals surface area contributed by atoms with E-state index in [9.17, 15) is 4.79 Å². The molecular formula is C13H20ClNO2. The number of carbonyl (C=O) groups is 1. The molecule has 0 saturated heterocycles. The molecule has 3 nitrogen and oxygen atoms in total. The van der Waals surface area contributed by atoms with Gasteiger partial charge in [0.05, 0.1) is 5.02 Å². The Morgan fingerprint density at radius 2 is 2.06 bits per heavy atom. The molecule has 1 N–H and O–H groups in total. The van der Waals surface area contributed by atoms with E-state index in [0.29, 0.717) is 10.9 Å². The van der Waals surface area contributed by atoms with Crippen LogP contribution < -0.4 is 0 Å².